The highest BCUT2D eigenvalue weighted by Gasteiger charge is 2.57. The summed E-state index contributed by atoms with van der Waals surface area (Å²) in [7, 11) is 0. The molecule has 0 rings (SSSR count). The predicted octanol–water partition coefficient (Wildman–Crippen LogP) is 1.60. The van der Waals surface area contributed by atoms with Crippen LogP contribution in [0.4, 0.5) is 26.3 Å². The van der Waals surface area contributed by atoms with E-state index in [1.54, 1.807) is 0 Å². The Morgan fingerprint density at radius 1 is 1.33 bits per heavy atom. The monoisotopic (exact) mass is 301 g/mol. The number of aliphatic carboxylic acids is 1. The van der Waals surface area contributed by atoms with E-state index in [1.165, 1.54) is 0 Å². The van der Waals surface area contributed by atoms with Crippen LogP contribution in [-0.2, 0) is 9.53 Å². The molecule has 0 saturated carbocycles. The first-order valence-corrected chi connectivity index (χ1v) is 5.25. The Morgan fingerprint density at radius 3 is 2.17 bits per heavy atom. The van der Waals surface area contributed by atoms with Gasteiger partial charge in [-0.1, -0.05) is 11.8 Å². The van der Waals surface area contributed by atoms with Crippen LogP contribution in [0.5, 0.6) is 0 Å². The number of hydrogen-bond donors (Lipinski definition) is 2. The van der Waals surface area contributed by atoms with E-state index in [4.69, 9.17) is 10.8 Å². The van der Waals surface area contributed by atoms with Crippen molar-refractivity contribution in [3.8, 4) is 0 Å². The van der Waals surface area contributed by atoms with Crippen LogP contribution in [0.1, 0.15) is 0 Å². The normalized spacial score (nSPS) is 16.4. The molecular weight excluding hydrogens is 292 g/mol. The standard InChI is InChI=1S/C7H9F6NO3S/c8-2-17-5(6(9,10)11)7(12,13)18-1-3(14)4(15)16/h3,5H,1-2,14H2,(H,15,16)/t3-,5?/m0/s1. The second-order valence-corrected chi connectivity index (χ2v) is 4.18. The van der Waals surface area contributed by atoms with Crippen LogP contribution < -0.4 is 5.73 Å². The van der Waals surface area contributed by atoms with Gasteiger partial charge in [-0.05, 0) is 0 Å². The molecule has 0 aliphatic carbocycles. The molecule has 0 spiro atoms. The summed E-state index contributed by atoms with van der Waals surface area (Å²) < 4.78 is 77.6. The number of thioether (sulfide) groups is 1. The highest BCUT2D eigenvalue weighted by molar-refractivity contribution is 8.00. The minimum absolute atomic E-state index is 0.661. The summed E-state index contributed by atoms with van der Waals surface area (Å²) in [6, 6.07) is -1.76. The molecule has 18 heavy (non-hydrogen) atoms. The number of hydrogen-bond acceptors (Lipinski definition) is 4. The first-order valence-electron chi connectivity index (χ1n) is 4.26. The minimum atomic E-state index is -5.49. The molecule has 0 radical (unpaired) electrons. The topological polar surface area (TPSA) is 72.5 Å². The largest absolute Gasteiger partial charge is 0.480 e. The van der Waals surface area contributed by atoms with Crippen LogP contribution in [0.2, 0.25) is 0 Å². The van der Waals surface area contributed by atoms with Gasteiger partial charge in [0, 0.05) is 5.75 Å². The highest BCUT2D eigenvalue weighted by Crippen LogP contribution is 2.42. The van der Waals surface area contributed by atoms with Crippen molar-refractivity contribution in [3.63, 3.8) is 0 Å². The Morgan fingerprint density at radius 2 is 1.83 bits per heavy atom. The van der Waals surface area contributed by atoms with Crippen molar-refractivity contribution in [3.05, 3.63) is 0 Å². The van der Waals surface area contributed by atoms with E-state index < -0.39 is 53.9 Å². The fraction of sp³-hybridized carbons (Fsp3) is 0.857. The zero-order valence-corrected chi connectivity index (χ0v) is 9.40. The third kappa shape index (κ3) is 5.31. The van der Waals surface area contributed by atoms with Crippen molar-refractivity contribution in [1.82, 2.24) is 0 Å². The predicted molar refractivity (Wildman–Crippen MR) is 49.9 cm³/mol. The van der Waals surface area contributed by atoms with E-state index in [2.05, 4.69) is 4.74 Å². The molecule has 0 bridgehead atoms. The van der Waals surface area contributed by atoms with Crippen molar-refractivity contribution in [2.45, 2.75) is 23.6 Å². The average molecular weight is 301 g/mol. The molecule has 0 saturated heterocycles. The third-order valence-electron chi connectivity index (χ3n) is 1.60. The van der Waals surface area contributed by atoms with Crippen molar-refractivity contribution in [1.29, 1.82) is 0 Å². The fourth-order valence-corrected chi connectivity index (χ4v) is 1.69. The molecule has 1 unspecified atom stereocenters. The Balaban J connectivity index is 4.70. The molecule has 108 valence electrons. The molecule has 11 heteroatoms. The number of carbonyl (C=O) groups is 1. The molecule has 4 nitrogen and oxygen atoms in total. The second kappa shape index (κ2) is 6.48. The molecule has 0 aromatic heterocycles. The van der Waals surface area contributed by atoms with Crippen molar-refractivity contribution in [2.75, 3.05) is 12.6 Å². The van der Waals surface area contributed by atoms with Gasteiger partial charge in [0.05, 0.1) is 0 Å². The van der Waals surface area contributed by atoms with Crippen LogP contribution in [0.15, 0.2) is 0 Å². The van der Waals surface area contributed by atoms with E-state index >= 15 is 0 Å². The molecule has 0 aromatic rings. The quantitative estimate of drug-likeness (QED) is 0.699. The Hall–Kier alpha value is -0.680. The summed E-state index contributed by atoms with van der Waals surface area (Å²) >= 11 is -0.661. The van der Waals surface area contributed by atoms with Crippen LogP contribution in [-0.4, -0.2) is 47.3 Å². The van der Waals surface area contributed by atoms with Gasteiger partial charge in [0.2, 0.25) is 6.10 Å². The molecule has 0 aliphatic rings. The minimum Gasteiger partial charge on any atom is -0.480 e. The van der Waals surface area contributed by atoms with Gasteiger partial charge < -0.3 is 15.6 Å². The van der Waals surface area contributed by atoms with Gasteiger partial charge in [0.15, 0.2) is 6.86 Å². The number of ether oxygens (including phenoxy) is 1. The van der Waals surface area contributed by atoms with Gasteiger partial charge in [-0.15, -0.1) is 0 Å². The van der Waals surface area contributed by atoms with Gasteiger partial charge in [-0.25, -0.2) is 4.39 Å². The summed E-state index contributed by atoms with van der Waals surface area (Å²) in [5.41, 5.74) is 4.86. The van der Waals surface area contributed by atoms with Gasteiger partial charge in [0.25, 0.3) is 0 Å². The summed E-state index contributed by atoms with van der Waals surface area (Å²) in [6.07, 6.45) is -9.16. The first-order chi connectivity index (χ1) is 8.02. The Bertz CT molecular complexity index is 287. The summed E-state index contributed by atoms with van der Waals surface area (Å²) in [5, 5.41) is 3.74. The molecule has 2 atom stereocenters. The lowest BCUT2D eigenvalue weighted by Gasteiger charge is -2.27. The third-order valence-corrected chi connectivity index (χ3v) is 2.73. The average Bonchev–Trinajstić information content (AvgIpc) is 2.20. The first kappa shape index (κ1) is 17.3. The van der Waals surface area contributed by atoms with Crippen LogP contribution in [0.3, 0.4) is 0 Å². The van der Waals surface area contributed by atoms with Crippen LogP contribution in [0.25, 0.3) is 0 Å². The van der Waals surface area contributed by atoms with Crippen LogP contribution in [0, 0.1) is 0 Å². The van der Waals surface area contributed by atoms with Crippen molar-refractivity contribution in [2.24, 2.45) is 5.73 Å². The SMILES string of the molecule is N[C@@H](CSC(F)(F)C(OCF)C(F)(F)F)C(=O)O. The van der Waals surface area contributed by atoms with Gasteiger partial charge in [-0.2, -0.15) is 22.0 Å². The lowest BCUT2D eigenvalue weighted by atomic mass is 10.3. The van der Waals surface area contributed by atoms with Gasteiger partial charge >= 0.3 is 17.4 Å². The number of nitrogens with two attached hydrogens (primary N) is 1. The molecule has 0 heterocycles. The lowest BCUT2D eigenvalue weighted by Crippen LogP contribution is -2.46. The molecule has 3 N–H and O–H groups in total. The molecule has 0 aromatic carbocycles. The summed E-state index contributed by atoms with van der Waals surface area (Å²) in [5.74, 6) is -2.63. The molecule has 0 fully saturated rings. The Kier molecular flexibility index (Phi) is 6.23. The lowest BCUT2D eigenvalue weighted by molar-refractivity contribution is -0.269. The number of alkyl halides is 6. The zero-order chi connectivity index (χ0) is 14.6. The number of carboxylic acids is 1. The molecule has 0 aliphatic heterocycles. The van der Waals surface area contributed by atoms with Gasteiger partial charge in [-0.3, -0.25) is 4.79 Å². The second-order valence-electron chi connectivity index (χ2n) is 3.01. The van der Waals surface area contributed by atoms with Crippen molar-refractivity contribution >= 4 is 17.7 Å². The Labute approximate surface area is 101 Å². The summed E-state index contributed by atoms with van der Waals surface area (Å²) in [4.78, 5) is 10.2. The number of halogens is 6. The smallest absolute Gasteiger partial charge is 0.421 e. The van der Waals surface area contributed by atoms with Crippen molar-refractivity contribution < 1.29 is 41.0 Å². The van der Waals surface area contributed by atoms with E-state index in [1.807, 2.05) is 0 Å². The number of rotatable bonds is 7. The van der Waals surface area contributed by atoms with E-state index in [0.29, 0.717) is 0 Å². The maximum absolute atomic E-state index is 13.1. The maximum atomic E-state index is 13.1. The van der Waals surface area contributed by atoms with E-state index in [9.17, 15) is 31.1 Å². The van der Waals surface area contributed by atoms with E-state index in [0.717, 1.165) is 0 Å². The number of carboxylic acid groups (broad SMARTS) is 1. The summed E-state index contributed by atoms with van der Waals surface area (Å²) in [6.45, 7) is -2.05. The maximum Gasteiger partial charge on any atom is 0.421 e. The zero-order valence-electron chi connectivity index (χ0n) is 8.59. The van der Waals surface area contributed by atoms with Gasteiger partial charge in [0.1, 0.15) is 6.04 Å². The van der Waals surface area contributed by atoms with E-state index in [-0.39, 0.29) is 0 Å². The van der Waals surface area contributed by atoms with Crippen LogP contribution >= 0.6 is 11.8 Å². The molecule has 0 amide bonds. The highest BCUT2D eigenvalue weighted by atomic mass is 32.2. The fourth-order valence-electron chi connectivity index (χ4n) is 0.793. The molecular formula is C7H9F6NO3S.